The number of thiazole rings is 1. The molecule has 33 heavy (non-hydrogen) atoms. The molecular formula is C24H16F3NO4S. The quantitative estimate of drug-likeness (QED) is 0.253. The maximum absolute atomic E-state index is 12.4. The van der Waals surface area contributed by atoms with Gasteiger partial charge >= 0.3 is 12.3 Å². The normalized spacial score (nSPS) is 12.1. The van der Waals surface area contributed by atoms with Gasteiger partial charge in [0.15, 0.2) is 0 Å². The molecule has 0 unspecified atom stereocenters. The summed E-state index contributed by atoms with van der Waals surface area (Å²) in [4.78, 5) is 16.3. The zero-order chi connectivity index (χ0) is 23.6. The van der Waals surface area contributed by atoms with Gasteiger partial charge in [-0.1, -0.05) is 30.3 Å². The summed E-state index contributed by atoms with van der Waals surface area (Å²) in [5, 5.41) is 13.6. The van der Waals surface area contributed by atoms with Crippen LogP contribution in [0.4, 0.5) is 13.2 Å². The number of halogens is 3. The Morgan fingerprint density at radius 3 is 2.45 bits per heavy atom. The van der Waals surface area contributed by atoms with Crippen LogP contribution in [0.15, 0.2) is 72.3 Å². The Hall–Kier alpha value is -3.85. The molecule has 4 aromatic rings. The van der Waals surface area contributed by atoms with E-state index in [9.17, 15) is 23.1 Å². The van der Waals surface area contributed by atoms with Crippen LogP contribution in [0.5, 0.6) is 5.75 Å². The fraction of sp³-hybridized carbons (Fsp3) is 0.0833. The maximum atomic E-state index is 12.4. The highest BCUT2D eigenvalue weighted by Crippen LogP contribution is 2.34. The molecule has 3 aromatic carbocycles. The fourth-order valence-electron chi connectivity index (χ4n) is 3.35. The molecule has 0 aliphatic heterocycles. The lowest BCUT2D eigenvalue weighted by Gasteiger charge is -2.09. The van der Waals surface area contributed by atoms with Crippen molar-refractivity contribution in [1.29, 1.82) is 0 Å². The zero-order valence-corrected chi connectivity index (χ0v) is 17.9. The molecule has 0 bridgehead atoms. The van der Waals surface area contributed by atoms with Crippen molar-refractivity contribution < 1.29 is 32.5 Å². The highest BCUT2D eigenvalue weighted by atomic mass is 32.1. The minimum absolute atomic E-state index is 0.0281. The second-order valence-corrected chi connectivity index (χ2v) is 7.78. The monoisotopic (exact) mass is 471 g/mol. The first-order valence-corrected chi connectivity index (χ1v) is 10.4. The van der Waals surface area contributed by atoms with Crippen LogP contribution in [0.2, 0.25) is 0 Å². The van der Waals surface area contributed by atoms with E-state index in [1.807, 2.05) is 29.6 Å². The van der Waals surface area contributed by atoms with E-state index in [1.54, 1.807) is 12.1 Å². The van der Waals surface area contributed by atoms with Crippen LogP contribution in [0, 0.1) is 0 Å². The molecule has 1 N–H and O–H groups in total. The molecule has 4 rings (SSSR count). The summed E-state index contributed by atoms with van der Waals surface area (Å²) in [6.07, 6.45) is -3.55. The first kappa shape index (κ1) is 22.3. The Labute approximate surface area is 190 Å². The van der Waals surface area contributed by atoms with Crippen LogP contribution in [0.25, 0.3) is 38.2 Å². The fourth-order valence-corrected chi connectivity index (χ4v) is 4.19. The molecule has 9 heteroatoms. The number of hydrogen-bond donors (Lipinski definition) is 1. The lowest BCUT2D eigenvalue weighted by molar-refractivity contribution is -0.274. The van der Waals surface area contributed by atoms with Gasteiger partial charge in [-0.3, -0.25) is 0 Å². The Kier molecular flexibility index (Phi) is 6.06. The molecule has 0 atom stereocenters. The van der Waals surface area contributed by atoms with Gasteiger partial charge in [-0.25, -0.2) is 9.78 Å². The molecule has 0 fully saturated rings. The van der Waals surface area contributed by atoms with Crippen LogP contribution < -0.4 is 4.74 Å². The van der Waals surface area contributed by atoms with E-state index in [0.717, 1.165) is 16.3 Å². The third kappa shape index (κ3) is 4.98. The molecule has 0 aliphatic rings. The number of alkyl halides is 3. The summed E-state index contributed by atoms with van der Waals surface area (Å²) in [6.45, 7) is 0. The smallest absolute Gasteiger partial charge is 0.503 e. The SMILES string of the molecule is COC=C(C(=O)O)c1cccc2ccc(-c3csc(-c4ccc(OC(F)(F)F)cc4)n3)cc12. The zero-order valence-electron chi connectivity index (χ0n) is 17.1. The number of fused-ring (bicyclic) bond motifs is 1. The van der Waals surface area contributed by atoms with E-state index in [4.69, 9.17) is 4.74 Å². The lowest BCUT2D eigenvalue weighted by Crippen LogP contribution is -2.16. The summed E-state index contributed by atoms with van der Waals surface area (Å²) in [6, 6.07) is 16.5. The molecular weight excluding hydrogens is 455 g/mol. The van der Waals surface area contributed by atoms with Gasteiger partial charge in [0.25, 0.3) is 0 Å². The van der Waals surface area contributed by atoms with Crippen LogP contribution >= 0.6 is 11.3 Å². The number of nitrogens with zero attached hydrogens (tertiary/aromatic N) is 1. The van der Waals surface area contributed by atoms with Crippen molar-refractivity contribution in [3.8, 4) is 27.6 Å². The van der Waals surface area contributed by atoms with Crippen molar-refractivity contribution in [2.24, 2.45) is 0 Å². The maximum Gasteiger partial charge on any atom is 0.573 e. The second kappa shape index (κ2) is 8.95. The summed E-state index contributed by atoms with van der Waals surface area (Å²) in [5.74, 6) is -1.41. The number of aliphatic carboxylic acids is 1. The van der Waals surface area contributed by atoms with Gasteiger partial charge in [0, 0.05) is 16.5 Å². The van der Waals surface area contributed by atoms with Crippen molar-refractivity contribution in [3.63, 3.8) is 0 Å². The van der Waals surface area contributed by atoms with Gasteiger partial charge in [-0.15, -0.1) is 24.5 Å². The standard InChI is InChI=1S/C24H16F3NO4S/c1-31-12-20(23(29)30)18-4-2-3-14-5-6-16(11-19(14)18)21-13-33-22(28-21)15-7-9-17(10-8-15)32-24(25,26)27/h2-13H,1H3,(H,29,30). The summed E-state index contributed by atoms with van der Waals surface area (Å²) < 4.78 is 45.9. The number of carbonyl (C=O) groups is 1. The second-order valence-electron chi connectivity index (χ2n) is 6.92. The van der Waals surface area contributed by atoms with E-state index in [0.29, 0.717) is 21.8 Å². The van der Waals surface area contributed by atoms with Crippen molar-refractivity contribution >= 4 is 33.7 Å². The lowest BCUT2D eigenvalue weighted by atomic mass is 9.96. The predicted octanol–water partition coefficient (Wildman–Crippen LogP) is 6.60. The van der Waals surface area contributed by atoms with Crippen LogP contribution in [-0.4, -0.2) is 29.5 Å². The van der Waals surface area contributed by atoms with Crippen LogP contribution in [0.3, 0.4) is 0 Å². The minimum atomic E-state index is -4.75. The summed E-state index contributed by atoms with van der Waals surface area (Å²) in [7, 11) is 1.39. The van der Waals surface area contributed by atoms with E-state index in [-0.39, 0.29) is 11.3 Å². The molecule has 0 aliphatic carbocycles. The summed E-state index contributed by atoms with van der Waals surface area (Å²) in [5.41, 5.74) is 2.63. The molecule has 5 nitrogen and oxygen atoms in total. The molecule has 168 valence electrons. The molecule has 1 aromatic heterocycles. The number of methoxy groups -OCH3 is 1. The van der Waals surface area contributed by atoms with E-state index < -0.39 is 12.3 Å². The van der Waals surface area contributed by atoms with E-state index >= 15 is 0 Å². The average Bonchev–Trinajstić information content (AvgIpc) is 3.26. The highest BCUT2D eigenvalue weighted by molar-refractivity contribution is 7.13. The predicted molar refractivity (Wildman–Crippen MR) is 120 cm³/mol. The van der Waals surface area contributed by atoms with Gasteiger partial charge < -0.3 is 14.6 Å². The van der Waals surface area contributed by atoms with Crippen LogP contribution in [0.1, 0.15) is 5.56 Å². The van der Waals surface area contributed by atoms with Crippen molar-refractivity contribution in [3.05, 3.63) is 77.9 Å². The van der Waals surface area contributed by atoms with Crippen molar-refractivity contribution in [2.75, 3.05) is 7.11 Å². The molecule has 0 saturated heterocycles. The number of rotatable bonds is 6. The van der Waals surface area contributed by atoms with Gasteiger partial charge in [0.2, 0.25) is 0 Å². The molecule has 0 spiro atoms. The number of aromatic nitrogens is 1. The third-order valence-corrected chi connectivity index (χ3v) is 5.66. The number of ether oxygens (including phenoxy) is 2. The van der Waals surface area contributed by atoms with Gasteiger partial charge in [-0.05, 0) is 46.7 Å². The minimum Gasteiger partial charge on any atom is -0.503 e. The topological polar surface area (TPSA) is 68.7 Å². The molecule has 0 radical (unpaired) electrons. The first-order valence-electron chi connectivity index (χ1n) is 9.56. The largest absolute Gasteiger partial charge is 0.573 e. The Morgan fingerprint density at radius 1 is 1.06 bits per heavy atom. The number of carboxylic acid groups (broad SMARTS) is 1. The number of carboxylic acids is 1. The number of hydrogen-bond acceptors (Lipinski definition) is 5. The Bertz CT molecular complexity index is 1340. The number of benzene rings is 3. The Balaban J connectivity index is 1.69. The Morgan fingerprint density at radius 2 is 1.79 bits per heavy atom. The van der Waals surface area contributed by atoms with Gasteiger partial charge in [0.1, 0.15) is 16.3 Å². The van der Waals surface area contributed by atoms with Crippen molar-refractivity contribution in [2.45, 2.75) is 6.36 Å². The molecule has 0 saturated carbocycles. The van der Waals surface area contributed by atoms with E-state index in [1.165, 1.54) is 49.0 Å². The third-order valence-electron chi connectivity index (χ3n) is 4.77. The average molecular weight is 471 g/mol. The summed E-state index contributed by atoms with van der Waals surface area (Å²) >= 11 is 1.35. The molecule has 0 amide bonds. The van der Waals surface area contributed by atoms with Crippen LogP contribution in [-0.2, 0) is 9.53 Å². The van der Waals surface area contributed by atoms with Gasteiger partial charge in [-0.2, -0.15) is 0 Å². The van der Waals surface area contributed by atoms with E-state index in [2.05, 4.69) is 9.72 Å². The van der Waals surface area contributed by atoms with Crippen molar-refractivity contribution in [1.82, 2.24) is 4.98 Å². The highest BCUT2D eigenvalue weighted by Gasteiger charge is 2.31. The first-order chi connectivity index (χ1) is 15.7. The van der Waals surface area contributed by atoms with Gasteiger partial charge in [0.05, 0.1) is 19.1 Å². The molecule has 1 heterocycles.